The third-order valence-electron chi connectivity index (χ3n) is 8.03. The van der Waals surface area contributed by atoms with E-state index < -0.39 is 0 Å². The molecular weight excluding hydrogens is 366 g/mol. The van der Waals surface area contributed by atoms with Gasteiger partial charge in [-0.25, -0.2) is 0 Å². The fourth-order valence-electron chi connectivity index (χ4n) is 5.63. The Hall–Kier alpha value is -0.800. The van der Waals surface area contributed by atoms with Gasteiger partial charge < -0.3 is 16.0 Å². The Labute approximate surface area is 186 Å². The summed E-state index contributed by atoms with van der Waals surface area (Å²) in [6.45, 7) is 23.7. The van der Waals surface area contributed by atoms with Crippen LogP contribution in [0.4, 0.5) is 0 Å². The standard InChI is InChI=1S/C27H49N3/c1-25(2,3)18-10-12-28-21(14-18)23-16-20(27(7,8)9)17-24(30-23)22-15-19(11-13-29-22)26(4,5)6/h10,14,19-20,22-24,28-30H,11-13,15-17H2,1-9H3. The quantitative estimate of drug-likeness (QED) is 0.546. The van der Waals surface area contributed by atoms with Gasteiger partial charge in [0.15, 0.2) is 0 Å². The van der Waals surface area contributed by atoms with Gasteiger partial charge in [-0.15, -0.1) is 0 Å². The van der Waals surface area contributed by atoms with Crippen LogP contribution in [0.25, 0.3) is 0 Å². The Balaban J connectivity index is 1.82. The van der Waals surface area contributed by atoms with Crippen molar-refractivity contribution in [1.29, 1.82) is 0 Å². The summed E-state index contributed by atoms with van der Waals surface area (Å²) in [4.78, 5) is 0. The van der Waals surface area contributed by atoms with Crippen LogP contribution >= 0.6 is 0 Å². The van der Waals surface area contributed by atoms with Gasteiger partial charge in [0, 0.05) is 30.4 Å². The van der Waals surface area contributed by atoms with Gasteiger partial charge in [0.1, 0.15) is 0 Å². The molecule has 2 saturated heterocycles. The average Bonchev–Trinajstić information content (AvgIpc) is 2.66. The first-order chi connectivity index (χ1) is 13.7. The molecule has 3 rings (SSSR count). The molecule has 0 bridgehead atoms. The van der Waals surface area contributed by atoms with Gasteiger partial charge in [-0.1, -0.05) is 68.4 Å². The summed E-state index contributed by atoms with van der Waals surface area (Å²) in [5, 5.41) is 11.7. The van der Waals surface area contributed by atoms with Gasteiger partial charge in [-0.05, 0) is 72.0 Å². The lowest BCUT2D eigenvalue weighted by Gasteiger charge is -2.48. The van der Waals surface area contributed by atoms with Gasteiger partial charge in [-0.3, -0.25) is 0 Å². The molecule has 0 spiro atoms. The van der Waals surface area contributed by atoms with Gasteiger partial charge in [0.2, 0.25) is 0 Å². The van der Waals surface area contributed by atoms with Gasteiger partial charge in [-0.2, -0.15) is 0 Å². The summed E-state index contributed by atoms with van der Waals surface area (Å²) in [6.07, 6.45) is 9.92. The van der Waals surface area contributed by atoms with Crippen LogP contribution in [0.15, 0.2) is 23.4 Å². The first-order valence-electron chi connectivity index (χ1n) is 12.4. The molecule has 5 atom stereocenters. The smallest absolute Gasteiger partial charge is 0.0475 e. The van der Waals surface area contributed by atoms with E-state index in [1.165, 1.54) is 37.0 Å². The van der Waals surface area contributed by atoms with Crippen molar-refractivity contribution in [3.63, 3.8) is 0 Å². The van der Waals surface area contributed by atoms with E-state index in [2.05, 4.69) is 90.4 Å². The van der Waals surface area contributed by atoms with Crippen molar-refractivity contribution in [2.24, 2.45) is 28.1 Å². The number of dihydropyridines is 1. The molecule has 3 aliphatic heterocycles. The van der Waals surface area contributed by atoms with E-state index in [1.807, 2.05) is 0 Å². The molecule has 3 aliphatic rings. The average molecular weight is 416 g/mol. The lowest BCUT2D eigenvalue weighted by Crippen LogP contribution is -2.60. The maximum atomic E-state index is 4.12. The zero-order chi connectivity index (χ0) is 22.3. The minimum Gasteiger partial charge on any atom is -0.384 e. The van der Waals surface area contributed by atoms with Crippen molar-refractivity contribution in [3.05, 3.63) is 23.4 Å². The molecule has 2 fully saturated rings. The molecule has 30 heavy (non-hydrogen) atoms. The van der Waals surface area contributed by atoms with Crippen LogP contribution in [-0.4, -0.2) is 31.2 Å². The van der Waals surface area contributed by atoms with Crippen LogP contribution in [0.1, 0.15) is 88.0 Å². The molecule has 0 aliphatic carbocycles. The molecule has 0 aromatic heterocycles. The first-order valence-corrected chi connectivity index (χ1v) is 12.4. The molecule has 3 nitrogen and oxygen atoms in total. The van der Waals surface area contributed by atoms with Crippen LogP contribution in [0, 0.1) is 28.1 Å². The highest BCUT2D eigenvalue weighted by molar-refractivity contribution is 5.34. The van der Waals surface area contributed by atoms with Crippen LogP contribution in [-0.2, 0) is 0 Å². The van der Waals surface area contributed by atoms with Crippen molar-refractivity contribution >= 4 is 0 Å². The first kappa shape index (κ1) is 23.9. The second kappa shape index (κ2) is 8.62. The fraction of sp³-hybridized carbons (Fsp3) is 0.852. The maximum absolute atomic E-state index is 4.12. The van der Waals surface area contributed by atoms with E-state index in [0.717, 1.165) is 24.9 Å². The minimum absolute atomic E-state index is 0.204. The van der Waals surface area contributed by atoms with Crippen molar-refractivity contribution in [1.82, 2.24) is 16.0 Å². The van der Waals surface area contributed by atoms with Crippen molar-refractivity contribution in [3.8, 4) is 0 Å². The number of allylic oxidation sites excluding steroid dienone is 2. The summed E-state index contributed by atoms with van der Waals surface area (Å²) < 4.78 is 0. The van der Waals surface area contributed by atoms with E-state index in [9.17, 15) is 0 Å². The molecule has 3 heterocycles. The Morgan fingerprint density at radius 1 is 0.800 bits per heavy atom. The molecule has 3 heteroatoms. The largest absolute Gasteiger partial charge is 0.384 e. The topological polar surface area (TPSA) is 36.1 Å². The van der Waals surface area contributed by atoms with Crippen molar-refractivity contribution in [2.75, 3.05) is 13.1 Å². The summed E-state index contributed by atoms with van der Waals surface area (Å²) in [5.74, 6) is 1.54. The molecule has 0 aromatic rings. The van der Waals surface area contributed by atoms with E-state index in [-0.39, 0.29) is 5.41 Å². The number of nitrogens with one attached hydrogen (secondary N) is 3. The highest BCUT2D eigenvalue weighted by Crippen LogP contribution is 2.41. The SMILES string of the molecule is CC(C)(C)C1=CCNC(C2CC(C(C)(C)C)CC(C3CC(C(C)(C)C)CCN3)N2)=C1. The summed E-state index contributed by atoms with van der Waals surface area (Å²) in [5.41, 5.74) is 3.82. The predicted molar refractivity (Wildman–Crippen MR) is 130 cm³/mol. The third kappa shape index (κ3) is 5.71. The van der Waals surface area contributed by atoms with Gasteiger partial charge in [0.25, 0.3) is 0 Å². The number of piperidine rings is 2. The number of rotatable bonds is 2. The second-order valence-electron chi connectivity index (χ2n) is 13.4. The van der Waals surface area contributed by atoms with E-state index in [4.69, 9.17) is 0 Å². The monoisotopic (exact) mass is 415 g/mol. The zero-order valence-corrected chi connectivity index (χ0v) is 21.3. The van der Waals surface area contributed by atoms with Crippen LogP contribution in [0.5, 0.6) is 0 Å². The molecule has 0 amide bonds. The Bertz CT molecular complexity index is 653. The lowest BCUT2D eigenvalue weighted by molar-refractivity contribution is 0.0904. The van der Waals surface area contributed by atoms with Crippen molar-refractivity contribution in [2.45, 2.75) is 106 Å². The Morgan fingerprint density at radius 3 is 2.03 bits per heavy atom. The fourth-order valence-corrected chi connectivity index (χ4v) is 5.63. The second-order valence-corrected chi connectivity index (χ2v) is 13.4. The molecule has 172 valence electrons. The number of hydrogen-bond acceptors (Lipinski definition) is 3. The van der Waals surface area contributed by atoms with Gasteiger partial charge >= 0.3 is 0 Å². The highest BCUT2D eigenvalue weighted by atomic mass is 15.1. The van der Waals surface area contributed by atoms with E-state index in [1.54, 1.807) is 0 Å². The Morgan fingerprint density at radius 2 is 1.43 bits per heavy atom. The van der Waals surface area contributed by atoms with Crippen LogP contribution in [0.2, 0.25) is 0 Å². The third-order valence-corrected chi connectivity index (χ3v) is 8.03. The summed E-state index contributed by atoms with van der Waals surface area (Å²) in [7, 11) is 0. The van der Waals surface area contributed by atoms with Crippen molar-refractivity contribution < 1.29 is 0 Å². The van der Waals surface area contributed by atoms with Crippen LogP contribution in [0.3, 0.4) is 0 Å². The van der Waals surface area contributed by atoms with E-state index >= 15 is 0 Å². The minimum atomic E-state index is 0.204. The number of hydrogen-bond donors (Lipinski definition) is 3. The van der Waals surface area contributed by atoms with E-state index in [0.29, 0.717) is 29.0 Å². The summed E-state index contributed by atoms with van der Waals surface area (Å²) in [6, 6.07) is 1.55. The molecule has 0 radical (unpaired) electrons. The van der Waals surface area contributed by atoms with Crippen LogP contribution < -0.4 is 16.0 Å². The lowest BCUT2D eigenvalue weighted by atomic mass is 9.67. The molecule has 0 saturated carbocycles. The predicted octanol–water partition coefficient (Wildman–Crippen LogP) is 5.64. The van der Waals surface area contributed by atoms with Gasteiger partial charge in [0.05, 0.1) is 0 Å². The molecular formula is C27H49N3. The molecule has 0 aromatic carbocycles. The molecule has 3 N–H and O–H groups in total. The maximum Gasteiger partial charge on any atom is 0.0475 e. The Kier molecular flexibility index (Phi) is 6.85. The molecule has 5 unspecified atom stereocenters. The zero-order valence-electron chi connectivity index (χ0n) is 21.3. The summed E-state index contributed by atoms with van der Waals surface area (Å²) >= 11 is 0. The highest BCUT2D eigenvalue weighted by Gasteiger charge is 2.41. The normalized spacial score (nSPS) is 34.1.